The van der Waals surface area contributed by atoms with Gasteiger partial charge in [-0.25, -0.2) is 0 Å². The van der Waals surface area contributed by atoms with Gasteiger partial charge >= 0.3 is 12.1 Å². The summed E-state index contributed by atoms with van der Waals surface area (Å²) in [5.41, 5.74) is -1.15. The molecular weight excluding hydrogens is 235 g/mol. The van der Waals surface area contributed by atoms with Gasteiger partial charge in [0.1, 0.15) is 5.54 Å². The number of aliphatic carboxylic acids is 1. The fourth-order valence-corrected chi connectivity index (χ4v) is 2.27. The van der Waals surface area contributed by atoms with E-state index in [1.165, 1.54) is 0 Å². The zero-order valence-corrected chi connectivity index (χ0v) is 9.81. The summed E-state index contributed by atoms with van der Waals surface area (Å²) in [6.45, 7) is 2.41. The second-order valence-corrected chi connectivity index (χ2v) is 4.63. The standard InChI is InChI=1S/C11H18F3NO2/c1-2-7-15-10(9(16)17)5-3-8(4-6-10)11(12,13)14/h8,15H,2-7H2,1H3,(H,16,17). The molecule has 0 saturated heterocycles. The highest BCUT2D eigenvalue weighted by Crippen LogP contribution is 2.41. The first-order chi connectivity index (χ1) is 7.82. The van der Waals surface area contributed by atoms with E-state index in [9.17, 15) is 18.0 Å². The van der Waals surface area contributed by atoms with Gasteiger partial charge < -0.3 is 10.4 Å². The number of carboxylic acids is 1. The molecule has 0 bridgehead atoms. The van der Waals surface area contributed by atoms with Crippen LogP contribution in [0.1, 0.15) is 39.0 Å². The highest BCUT2D eigenvalue weighted by atomic mass is 19.4. The second-order valence-electron chi connectivity index (χ2n) is 4.63. The van der Waals surface area contributed by atoms with Crippen molar-refractivity contribution in [2.24, 2.45) is 5.92 Å². The lowest BCUT2D eigenvalue weighted by Crippen LogP contribution is -2.55. The van der Waals surface area contributed by atoms with E-state index in [0.29, 0.717) is 6.54 Å². The van der Waals surface area contributed by atoms with Crippen molar-refractivity contribution in [1.82, 2.24) is 5.32 Å². The Balaban J connectivity index is 2.64. The van der Waals surface area contributed by atoms with Crippen molar-refractivity contribution in [2.75, 3.05) is 6.54 Å². The molecule has 0 atom stereocenters. The third kappa shape index (κ3) is 3.34. The zero-order valence-electron chi connectivity index (χ0n) is 9.81. The van der Waals surface area contributed by atoms with Crippen molar-refractivity contribution < 1.29 is 23.1 Å². The molecule has 1 fully saturated rings. The number of hydrogen-bond acceptors (Lipinski definition) is 2. The minimum atomic E-state index is -4.20. The van der Waals surface area contributed by atoms with Gasteiger partial charge in [0, 0.05) is 0 Å². The summed E-state index contributed by atoms with van der Waals surface area (Å²) in [4.78, 5) is 11.2. The van der Waals surface area contributed by atoms with Crippen LogP contribution in [0.3, 0.4) is 0 Å². The van der Waals surface area contributed by atoms with Crippen LogP contribution in [-0.2, 0) is 4.79 Å². The lowest BCUT2D eigenvalue weighted by atomic mass is 9.76. The van der Waals surface area contributed by atoms with E-state index in [-0.39, 0.29) is 25.7 Å². The number of hydrogen-bond donors (Lipinski definition) is 2. The summed E-state index contributed by atoms with van der Waals surface area (Å²) in [5, 5.41) is 12.1. The van der Waals surface area contributed by atoms with Crippen LogP contribution < -0.4 is 5.32 Å². The first kappa shape index (κ1) is 14.3. The van der Waals surface area contributed by atoms with Gasteiger partial charge in [-0.15, -0.1) is 0 Å². The summed E-state index contributed by atoms with van der Waals surface area (Å²) in [6, 6.07) is 0. The molecule has 0 aromatic heterocycles. The Kier molecular flexibility index (Phi) is 4.41. The first-order valence-electron chi connectivity index (χ1n) is 5.87. The lowest BCUT2D eigenvalue weighted by molar-refractivity contribution is -0.188. The number of carbonyl (C=O) groups is 1. The topological polar surface area (TPSA) is 49.3 Å². The Hall–Kier alpha value is -0.780. The summed E-state index contributed by atoms with van der Waals surface area (Å²) in [7, 11) is 0. The molecule has 0 aromatic rings. The van der Waals surface area contributed by atoms with Crippen molar-refractivity contribution in [3.63, 3.8) is 0 Å². The van der Waals surface area contributed by atoms with E-state index in [1.54, 1.807) is 0 Å². The fourth-order valence-electron chi connectivity index (χ4n) is 2.27. The average molecular weight is 253 g/mol. The minimum absolute atomic E-state index is 0.0481. The van der Waals surface area contributed by atoms with Gasteiger partial charge in [-0.05, 0) is 38.6 Å². The van der Waals surface area contributed by atoms with Gasteiger partial charge in [0.2, 0.25) is 0 Å². The third-order valence-corrected chi connectivity index (χ3v) is 3.42. The highest BCUT2D eigenvalue weighted by Gasteiger charge is 2.48. The van der Waals surface area contributed by atoms with Crippen LogP contribution in [0.2, 0.25) is 0 Å². The highest BCUT2D eigenvalue weighted by molar-refractivity contribution is 5.78. The summed E-state index contributed by atoms with van der Waals surface area (Å²) in [6.07, 6.45) is -3.55. The second kappa shape index (κ2) is 5.25. The molecule has 2 N–H and O–H groups in total. The van der Waals surface area contributed by atoms with Crippen LogP contribution in [-0.4, -0.2) is 29.3 Å². The third-order valence-electron chi connectivity index (χ3n) is 3.42. The van der Waals surface area contributed by atoms with Crippen molar-refractivity contribution in [1.29, 1.82) is 0 Å². The van der Waals surface area contributed by atoms with E-state index in [4.69, 9.17) is 5.11 Å². The maximum atomic E-state index is 12.5. The molecule has 1 aliphatic rings. The largest absolute Gasteiger partial charge is 0.480 e. The monoisotopic (exact) mass is 253 g/mol. The molecule has 1 aliphatic carbocycles. The van der Waals surface area contributed by atoms with Crippen molar-refractivity contribution in [2.45, 2.75) is 50.7 Å². The fraction of sp³-hybridized carbons (Fsp3) is 0.909. The van der Waals surface area contributed by atoms with Crippen LogP contribution >= 0.6 is 0 Å². The van der Waals surface area contributed by atoms with Gasteiger partial charge in [-0.3, -0.25) is 4.79 Å². The van der Waals surface area contributed by atoms with Crippen molar-refractivity contribution in [3.05, 3.63) is 0 Å². The van der Waals surface area contributed by atoms with Crippen LogP contribution in [0.5, 0.6) is 0 Å². The summed E-state index contributed by atoms with van der Waals surface area (Å²) in [5.74, 6) is -2.38. The van der Waals surface area contributed by atoms with Gasteiger partial charge in [0.25, 0.3) is 0 Å². The molecule has 6 heteroatoms. The SMILES string of the molecule is CCCNC1(C(=O)O)CCC(C(F)(F)F)CC1. The van der Waals surface area contributed by atoms with Crippen LogP contribution in [0.25, 0.3) is 0 Å². The van der Waals surface area contributed by atoms with Gasteiger partial charge in [0.15, 0.2) is 0 Å². The first-order valence-corrected chi connectivity index (χ1v) is 5.87. The zero-order chi connectivity index (χ0) is 13.1. The lowest BCUT2D eigenvalue weighted by Gasteiger charge is -2.38. The molecule has 0 heterocycles. The van der Waals surface area contributed by atoms with E-state index in [1.807, 2.05) is 6.92 Å². The van der Waals surface area contributed by atoms with E-state index >= 15 is 0 Å². The average Bonchev–Trinajstić information content (AvgIpc) is 2.25. The normalized spacial score (nSPS) is 30.2. The molecule has 1 saturated carbocycles. The molecule has 0 amide bonds. The molecule has 17 heavy (non-hydrogen) atoms. The van der Waals surface area contributed by atoms with Gasteiger partial charge in [-0.2, -0.15) is 13.2 Å². The Morgan fingerprint density at radius 3 is 2.29 bits per heavy atom. The number of nitrogens with one attached hydrogen (secondary N) is 1. The quantitative estimate of drug-likeness (QED) is 0.809. The molecule has 0 unspecified atom stereocenters. The van der Waals surface area contributed by atoms with E-state index in [0.717, 1.165) is 6.42 Å². The number of rotatable bonds is 4. The Labute approximate surface area is 98.4 Å². The minimum Gasteiger partial charge on any atom is -0.480 e. The molecule has 0 radical (unpaired) electrons. The molecular formula is C11H18F3NO2. The van der Waals surface area contributed by atoms with Crippen LogP contribution in [0, 0.1) is 5.92 Å². The van der Waals surface area contributed by atoms with Gasteiger partial charge in [0.05, 0.1) is 5.92 Å². The Morgan fingerprint density at radius 2 is 1.94 bits per heavy atom. The maximum Gasteiger partial charge on any atom is 0.391 e. The van der Waals surface area contributed by atoms with E-state index < -0.39 is 23.6 Å². The molecule has 0 aromatic carbocycles. The van der Waals surface area contributed by atoms with Crippen molar-refractivity contribution >= 4 is 5.97 Å². The maximum absolute atomic E-state index is 12.5. The van der Waals surface area contributed by atoms with Crippen LogP contribution in [0.15, 0.2) is 0 Å². The molecule has 3 nitrogen and oxygen atoms in total. The number of carboxylic acid groups (broad SMARTS) is 1. The predicted octanol–water partition coefficient (Wildman–Crippen LogP) is 2.56. The molecule has 0 spiro atoms. The Bertz CT molecular complexity index is 270. The molecule has 0 aliphatic heterocycles. The Morgan fingerprint density at radius 1 is 1.41 bits per heavy atom. The van der Waals surface area contributed by atoms with E-state index in [2.05, 4.69) is 5.32 Å². The van der Waals surface area contributed by atoms with Gasteiger partial charge in [-0.1, -0.05) is 6.92 Å². The predicted molar refractivity (Wildman–Crippen MR) is 56.7 cm³/mol. The number of halogens is 3. The molecule has 100 valence electrons. The molecule has 1 rings (SSSR count). The summed E-state index contributed by atoms with van der Waals surface area (Å²) < 4.78 is 37.4. The van der Waals surface area contributed by atoms with Crippen molar-refractivity contribution in [3.8, 4) is 0 Å². The number of alkyl halides is 3. The smallest absolute Gasteiger partial charge is 0.391 e. The van der Waals surface area contributed by atoms with Crippen LogP contribution in [0.4, 0.5) is 13.2 Å². The summed E-state index contributed by atoms with van der Waals surface area (Å²) >= 11 is 0.